The van der Waals surface area contributed by atoms with E-state index in [1.54, 1.807) is 18.0 Å². The highest BCUT2D eigenvalue weighted by molar-refractivity contribution is 5.81. The molecule has 6 rings (SSSR count). The van der Waals surface area contributed by atoms with Gasteiger partial charge in [0.25, 0.3) is 0 Å². The Kier molecular flexibility index (Phi) is 6.70. The van der Waals surface area contributed by atoms with Gasteiger partial charge >= 0.3 is 0 Å². The van der Waals surface area contributed by atoms with Crippen LogP contribution in [0.4, 0.5) is 5.82 Å². The Morgan fingerprint density at radius 2 is 1.56 bits per heavy atom. The molecule has 1 aliphatic rings. The van der Waals surface area contributed by atoms with Gasteiger partial charge < -0.3 is 25.1 Å². The maximum absolute atomic E-state index is 11.0. The first kappa shape index (κ1) is 25.0. The smallest absolute Gasteiger partial charge is 0.167 e. The number of methoxy groups -OCH3 is 1. The minimum absolute atomic E-state index is 0.136. The molecule has 3 N–H and O–H groups in total. The zero-order chi connectivity index (χ0) is 26.8. The number of aliphatic hydroxyl groups excluding tert-OH is 1. The summed E-state index contributed by atoms with van der Waals surface area (Å²) in [6.07, 6.45) is 1.55. The van der Waals surface area contributed by atoms with Gasteiger partial charge in [-0.3, -0.25) is 4.57 Å². The van der Waals surface area contributed by atoms with Crippen molar-refractivity contribution in [3.05, 3.63) is 114 Å². The lowest BCUT2D eigenvalue weighted by atomic mass is 9.80. The van der Waals surface area contributed by atoms with Crippen molar-refractivity contribution in [1.82, 2.24) is 19.5 Å². The fraction of sp³-hybridized carbons (Fsp3) is 0.233. The molecule has 9 nitrogen and oxygen atoms in total. The van der Waals surface area contributed by atoms with Crippen molar-refractivity contribution < 1.29 is 19.3 Å². The molecule has 1 aliphatic heterocycles. The van der Waals surface area contributed by atoms with E-state index in [1.807, 2.05) is 84.9 Å². The van der Waals surface area contributed by atoms with Gasteiger partial charge in [-0.15, -0.1) is 0 Å². The van der Waals surface area contributed by atoms with Crippen LogP contribution in [0.1, 0.15) is 29.3 Å². The molecule has 0 radical (unpaired) electrons. The van der Waals surface area contributed by atoms with Gasteiger partial charge in [-0.2, -0.15) is 0 Å². The second-order valence-electron chi connectivity index (χ2n) is 9.47. The zero-order valence-corrected chi connectivity index (χ0v) is 21.4. The van der Waals surface area contributed by atoms with Crippen molar-refractivity contribution in [3.8, 4) is 5.75 Å². The third kappa shape index (κ3) is 4.50. The van der Waals surface area contributed by atoms with Crippen molar-refractivity contribution >= 4 is 17.0 Å². The summed E-state index contributed by atoms with van der Waals surface area (Å²) in [7, 11) is 1.65. The minimum Gasteiger partial charge on any atom is -0.497 e. The van der Waals surface area contributed by atoms with Crippen molar-refractivity contribution in [1.29, 1.82) is 0 Å². The number of nitrogens with zero attached hydrogens (tertiary/aromatic N) is 4. The van der Waals surface area contributed by atoms with Gasteiger partial charge in [-0.05, 0) is 28.8 Å². The van der Waals surface area contributed by atoms with Crippen LogP contribution in [-0.2, 0) is 15.1 Å². The van der Waals surface area contributed by atoms with E-state index < -0.39 is 24.0 Å². The number of aliphatic hydroxyl groups is 1. The predicted octanol–water partition coefficient (Wildman–Crippen LogP) is 4.07. The van der Waals surface area contributed by atoms with E-state index in [-0.39, 0.29) is 6.61 Å². The number of rotatable bonds is 8. The van der Waals surface area contributed by atoms with Gasteiger partial charge in [0.1, 0.15) is 35.5 Å². The third-order valence-corrected chi connectivity index (χ3v) is 7.22. The lowest BCUT2D eigenvalue weighted by Gasteiger charge is -2.37. The summed E-state index contributed by atoms with van der Waals surface area (Å²) in [4.78, 5) is 12.7. The first-order valence-corrected chi connectivity index (χ1v) is 12.8. The van der Waals surface area contributed by atoms with Crippen LogP contribution in [0.3, 0.4) is 0 Å². The molecule has 0 bridgehead atoms. The van der Waals surface area contributed by atoms with Crippen LogP contribution < -0.4 is 10.5 Å². The number of anilines is 1. The largest absolute Gasteiger partial charge is 0.497 e. The number of imidazole rings is 1. The van der Waals surface area contributed by atoms with E-state index in [4.69, 9.17) is 19.9 Å². The highest BCUT2D eigenvalue weighted by Crippen LogP contribution is 2.42. The van der Waals surface area contributed by atoms with E-state index in [0.29, 0.717) is 23.4 Å². The highest BCUT2D eigenvalue weighted by Gasteiger charge is 2.42. The molecule has 0 aliphatic carbocycles. The van der Waals surface area contributed by atoms with Gasteiger partial charge in [-0.1, -0.05) is 72.8 Å². The lowest BCUT2D eigenvalue weighted by Crippen LogP contribution is -2.38. The Morgan fingerprint density at radius 1 is 0.923 bits per heavy atom. The molecular weight excluding hydrogens is 494 g/mol. The number of nitrogen functional groups attached to an aromatic ring is 1. The molecule has 39 heavy (non-hydrogen) atoms. The van der Waals surface area contributed by atoms with E-state index >= 15 is 0 Å². The monoisotopic (exact) mass is 523 g/mol. The molecule has 0 saturated carbocycles. The predicted molar refractivity (Wildman–Crippen MR) is 146 cm³/mol. The van der Waals surface area contributed by atoms with Gasteiger partial charge in [0.05, 0.1) is 26.1 Å². The third-order valence-electron chi connectivity index (χ3n) is 7.22. The Bertz CT molecular complexity index is 1500. The van der Waals surface area contributed by atoms with E-state index in [9.17, 15) is 5.11 Å². The first-order valence-electron chi connectivity index (χ1n) is 12.8. The van der Waals surface area contributed by atoms with Crippen LogP contribution in [0.25, 0.3) is 11.2 Å². The molecule has 198 valence electrons. The normalized spacial score (nSPS) is 19.4. The summed E-state index contributed by atoms with van der Waals surface area (Å²) >= 11 is 0. The fourth-order valence-electron chi connectivity index (χ4n) is 5.25. The standard InChI is InChI=1S/C30H29N5O4/c1-37-23-14-12-22(13-15-23)30(20-8-4-2-5-9-20,21-10-6-3-7-11-21)38-17-25-24(36)16-26(39-25)35-19-34-27-28(31)32-18-33-29(27)35/h2-15,18-19,24-26,36H,16-17H2,1H3,(H2,31,32,33)/t24-,25+,26+/m0/s1. The topological polar surface area (TPSA) is 118 Å². The van der Waals surface area contributed by atoms with Crippen LogP contribution in [0, 0.1) is 0 Å². The van der Waals surface area contributed by atoms with Gasteiger partial charge in [0.2, 0.25) is 0 Å². The summed E-state index contributed by atoms with van der Waals surface area (Å²) in [5.74, 6) is 1.05. The quantitative estimate of drug-likeness (QED) is 0.292. The Hall–Kier alpha value is -4.31. The number of nitrogens with two attached hydrogens (primary N) is 1. The van der Waals surface area contributed by atoms with Gasteiger partial charge in [-0.25, -0.2) is 15.0 Å². The summed E-state index contributed by atoms with van der Waals surface area (Å²) < 4.78 is 20.4. The van der Waals surface area contributed by atoms with Gasteiger partial charge in [0, 0.05) is 6.42 Å². The van der Waals surface area contributed by atoms with Gasteiger partial charge in [0.15, 0.2) is 11.5 Å². The molecule has 2 aromatic heterocycles. The van der Waals surface area contributed by atoms with Crippen LogP contribution in [0.15, 0.2) is 97.6 Å². The molecule has 1 saturated heterocycles. The SMILES string of the molecule is COc1ccc(C(OC[C@H]2O[C@@H](n3cnc4c(N)ncnc43)C[C@@H]2O)(c2ccccc2)c2ccccc2)cc1. The number of fused-ring (bicyclic) bond motifs is 1. The first-order chi connectivity index (χ1) is 19.1. The second-order valence-corrected chi connectivity index (χ2v) is 9.47. The molecule has 3 atom stereocenters. The number of hydrogen-bond donors (Lipinski definition) is 2. The van der Waals surface area contributed by atoms with Crippen molar-refractivity contribution in [2.75, 3.05) is 19.5 Å². The van der Waals surface area contributed by atoms with E-state index in [2.05, 4.69) is 15.0 Å². The fourth-order valence-corrected chi connectivity index (χ4v) is 5.25. The molecule has 0 unspecified atom stereocenters. The summed E-state index contributed by atoms with van der Waals surface area (Å²) in [6, 6.07) is 28.0. The van der Waals surface area contributed by atoms with Crippen molar-refractivity contribution in [2.24, 2.45) is 0 Å². The molecule has 3 aromatic carbocycles. The summed E-state index contributed by atoms with van der Waals surface area (Å²) in [5.41, 5.74) is 8.90. The molecule has 0 amide bonds. The van der Waals surface area contributed by atoms with Crippen LogP contribution in [0.2, 0.25) is 0 Å². The molecule has 1 fully saturated rings. The number of hydrogen-bond acceptors (Lipinski definition) is 8. The molecule has 0 spiro atoms. The summed E-state index contributed by atoms with van der Waals surface area (Å²) in [5, 5.41) is 11.0. The molecule has 5 aromatic rings. The zero-order valence-electron chi connectivity index (χ0n) is 21.4. The van der Waals surface area contributed by atoms with Crippen molar-refractivity contribution in [3.63, 3.8) is 0 Å². The summed E-state index contributed by atoms with van der Waals surface area (Å²) in [6.45, 7) is 0.136. The molecular formula is C30H29N5O4. The number of benzene rings is 3. The Morgan fingerprint density at radius 3 is 2.21 bits per heavy atom. The number of aromatic nitrogens is 4. The highest BCUT2D eigenvalue weighted by atomic mass is 16.6. The van der Waals surface area contributed by atoms with E-state index in [0.717, 1.165) is 22.4 Å². The molecule has 3 heterocycles. The average molecular weight is 524 g/mol. The number of ether oxygens (including phenoxy) is 3. The molecule has 9 heteroatoms. The van der Waals surface area contributed by atoms with Crippen LogP contribution >= 0.6 is 0 Å². The second kappa shape index (κ2) is 10.5. The van der Waals surface area contributed by atoms with Crippen LogP contribution in [-0.4, -0.2) is 50.6 Å². The Labute approximate surface area is 225 Å². The maximum atomic E-state index is 11.0. The van der Waals surface area contributed by atoms with E-state index in [1.165, 1.54) is 6.33 Å². The lowest BCUT2D eigenvalue weighted by molar-refractivity contribution is -0.0930. The van der Waals surface area contributed by atoms with Crippen molar-refractivity contribution in [2.45, 2.75) is 30.5 Å². The maximum Gasteiger partial charge on any atom is 0.167 e. The Balaban J connectivity index is 1.35. The minimum atomic E-state index is -0.959. The average Bonchev–Trinajstić information content (AvgIpc) is 3.59. The van der Waals surface area contributed by atoms with Crippen LogP contribution in [0.5, 0.6) is 5.75 Å².